The normalized spacial score (nSPS) is 13.6. The fraction of sp³-hybridized carbons (Fsp3) is 0.935. The zero-order valence-electron chi connectivity index (χ0n) is 49.5. The zero-order chi connectivity index (χ0) is 52.8. The van der Waals surface area contributed by atoms with Gasteiger partial charge in [0.15, 0.2) is 0 Å². The lowest BCUT2D eigenvalue weighted by Crippen LogP contribution is -2.37. The first-order valence-electron chi connectivity index (χ1n) is 30.3. The van der Waals surface area contributed by atoms with E-state index in [1.165, 1.54) is 135 Å². The fourth-order valence-corrected chi connectivity index (χ4v) is 9.15. The van der Waals surface area contributed by atoms with Gasteiger partial charge in [0.25, 0.3) is 6.47 Å². The van der Waals surface area contributed by atoms with Crippen LogP contribution >= 0.6 is 0 Å². The van der Waals surface area contributed by atoms with Gasteiger partial charge < -0.3 is 19.3 Å². The molecule has 0 aromatic heterocycles. The number of nitrogens with zero attached hydrogens (tertiary/aromatic N) is 2. The molecule has 0 aromatic rings. The van der Waals surface area contributed by atoms with Crippen molar-refractivity contribution in [1.82, 2.24) is 9.80 Å². The lowest BCUT2D eigenvalue weighted by Gasteiger charge is -2.29. The summed E-state index contributed by atoms with van der Waals surface area (Å²) in [6.45, 7) is 32.6. The van der Waals surface area contributed by atoms with E-state index in [1.54, 1.807) is 6.92 Å². The first-order valence-corrected chi connectivity index (χ1v) is 30.3. The van der Waals surface area contributed by atoms with Crippen LogP contribution in [0.3, 0.4) is 0 Å². The van der Waals surface area contributed by atoms with Crippen LogP contribution in [0.15, 0.2) is 0 Å². The summed E-state index contributed by atoms with van der Waals surface area (Å²) >= 11 is 0. The van der Waals surface area contributed by atoms with Crippen molar-refractivity contribution in [3.05, 3.63) is 0 Å². The Balaban J connectivity index is -0.000000445. The molecule has 1 heterocycles. The summed E-state index contributed by atoms with van der Waals surface area (Å²) in [5.41, 5.74) is 0. The number of rotatable bonds is 42. The molecule has 0 radical (unpaired) electrons. The highest BCUT2D eigenvalue weighted by atomic mass is 16.5. The molecule has 1 aliphatic rings. The molecule has 0 aromatic carbocycles. The van der Waals surface area contributed by atoms with Crippen LogP contribution in [0.4, 0.5) is 0 Å². The predicted molar refractivity (Wildman–Crippen MR) is 304 cm³/mol. The van der Waals surface area contributed by atoms with Crippen LogP contribution in [0.5, 0.6) is 0 Å². The third kappa shape index (κ3) is 55.4. The van der Waals surface area contributed by atoms with Crippen LogP contribution in [0, 0.1) is 23.7 Å². The van der Waals surface area contributed by atoms with Crippen molar-refractivity contribution in [1.29, 1.82) is 0 Å². The number of carbonyl (C=O) groups is 4. The highest BCUT2D eigenvalue weighted by molar-refractivity contribution is 5.78. The molecule has 2 unspecified atom stereocenters. The van der Waals surface area contributed by atoms with Crippen LogP contribution < -0.4 is 0 Å². The van der Waals surface area contributed by atoms with E-state index in [0.29, 0.717) is 48.9 Å². The Labute approximate surface area is 433 Å². The second kappa shape index (κ2) is 58.8. The molecule has 7 nitrogen and oxygen atoms in total. The van der Waals surface area contributed by atoms with Gasteiger partial charge in [0.1, 0.15) is 11.6 Å². The first kappa shape index (κ1) is 73.8. The Kier molecular flexibility index (Phi) is 62.9. The van der Waals surface area contributed by atoms with Crippen molar-refractivity contribution in [3.63, 3.8) is 0 Å². The number of carbonyl (C=O) groups excluding carboxylic acids is 4. The van der Waals surface area contributed by atoms with Crippen LogP contribution in [-0.4, -0.2) is 73.1 Å². The molecule has 2 atom stereocenters. The molecule has 1 aliphatic heterocycles. The van der Waals surface area contributed by atoms with Crippen molar-refractivity contribution < 1.29 is 23.9 Å². The summed E-state index contributed by atoms with van der Waals surface area (Å²) in [7, 11) is 2.02. The van der Waals surface area contributed by atoms with E-state index < -0.39 is 0 Å². The van der Waals surface area contributed by atoms with Gasteiger partial charge in [-0.3, -0.25) is 14.4 Å². The number of hydrogen-bond donors (Lipinski definition) is 0. The molecule has 1 saturated heterocycles. The van der Waals surface area contributed by atoms with Crippen LogP contribution in [0.1, 0.15) is 315 Å². The number of ether oxygens (including phenoxy) is 1. The standard InChI is InChI=1S/C23H45NO3.C17H36.C16H29NO2.C4H10.C2H6/c1-4-6-8-13-17-22(18-14-9-7-5-2)24(3)23(26)19-15-11-10-12-16-20-27-21-25;1-5-8-10-12-14-17(16(4)7-3)15-13-11-9-6-2;1-3-7-16(19)12-15-9-11-17(13-15)10-6-4-5-8-14(2)18;1-4(2)3;1-2/h21-22H,4-20H2,1-3H3;16-17H,5-15H2,1-4H3;15H,3-13H2,1-2H3;4H,1-3H3;1-2H3. The third-order valence-corrected chi connectivity index (χ3v) is 13.7. The van der Waals surface area contributed by atoms with Crippen molar-refractivity contribution in [2.75, 3.05) is 33.3 Å². The van der Waals surface area contributed by atoms with E-state index in [1.807, 2.05) is 20.9 Å². The Morgan fingerprint density at radius 1 is 0.594 bits per heavy atom. The van der Waals surface area contributed by atoms with E-state index in [-0.39, 0.29) is 0 Å². The summed E-state index contributed by atoms with van der Waals surface area (Å²) in [6, 6.07) is 0.423. The molecular formula is C62H126N2O5. The Hall–Kier alpha value is -1.76. The SMILES string of the molecule is CC.CC(C)C.CCCC(=O)CC1CCN(CCCCCC(C)=O)C1.CCCCCCC(CCCCCC)C(C)CC.CCCCCCC(CCCCCC)N(C)C(=O)CCCCCCCOC=O. The van der Waals surface area contributed by atoms with Gasteiger partial charge in [-0.1, -0.05) is 231 Å². The van der Waals surface area contributed by atoms with E-state index >= 15 is 0 Å². The molecule has 69 heavy (non-hydrogen) atoms. The minimum absolute atomic E-state index is 0.302. The fourth-order valence-electron chi connectivity index (χ4n) is 9.15. The molecule has 0 spiro atoms. The lowest BCUT2D eigenvalue weighted by atomic mass is 9.83. The average molecular weight is 980 g/mol. The maximum absolute atomic E-state index is 12.6. The third-order valence-electron chi connectivity index (χ3n) is 13.7. The number of Topliss-reactive ketones (excluding diaryl/α,β-unsaturated/α-hetero) is 2. The molecule has 1 rings (SSSR count). The van der Waals surface area contributed by atoms with Crippen molar-refractivity contribution in [3.8, 4) is 0 Å². The van der Waals surface area contributed by atoms with Crippen molar-refractivity contribution in [2.24, 2.45) is 23.7 Å². The summed E-state index contributed by atoms with van der Waals surface area (Å²) in [6.07, 6.45) is 41.9. The number of likely N-dealkylation sites (tertiary alicyclic amines) is 1. The Morgan fingerprint density at radius 2 is 1.04 bits per heavy atom. The molecule has 0 bridgehead atoms. The highest BCUT2D eigenvalue weighted by Crippen LogP contribution is 2.28. The monoisotopic (exact) mass is 979 g/mol. The van der Waals surface area contributed by atoms with Gasteiger partial charge in [-0.05, 0) is 95.1 Å². The van der Waals surface area contributed by atoms with E-state index in [2.05, 4.69) is 83.8 Å². The second-order valence-electron chi connectivity index (χ2n) is 21.4. The molecule has 0 aliphatic carbocycles. The topological polar surface area (TPSA) is 84.0 Å². The maximum Gasteiger partial charge on any atom is 0.293 e. The summed E-state index contributed by atoms with van der Waals surface area (Å²) in [4.78, 5) is 49.6. The van der Waals surface area contributed by atoms with Gasteiger partial charge in [-0.15, -0.1) is 0 Å². The Bertz CT molecular complexity index is 1040. The summed E-state index contributed by atoms with van der Waals surface area (Å²) < 4.78 is 4.69. The molecule has 0 saturated carbocycles. The summed E-state index contributed by atoms with van der Waals surface area (Å²) in [5, 5.41) is 0. The van der Waals surface area contributed by atoms with E-state index in [9.17, 15) is 19.2 Å². The predicted octanol–water partition coefficient (Wildman–Crippen LogP) is 18.8. The van der Waals surface area contributed by atoms with Crippen LogP contribution in [-0.2, 0) is 23.9 Å². The van der Waals surface area contributed by atoms with Gasteiger partial charge in [-0.2, -0.15) is 0 Å². The molecule has 414 valence electrons. The zero-order valence-corrected chi connectivity index (χ0v) is 49.5. The number of ketones is 2. The van der Waals surface area contributed by atoms with Gasteiger partial charge in [0.2, 0.25) is 5.91 Å². The molecule has 1 fully saturated rings. The van der Waals surface area contributed by atoms with E-state index in [0.717, 1.165) is 121 Å². The highest BCUT2D eigenvalue weighted by Gasteiger charge is 2.24. The largest absolute Gasteiger partial charge is 0.468 e. The second-order valence-corrected chi connectivity index (χ2v) is 21.4. The summed E-state index contributed by atoms with van der Waals surface area (Å²) in [5.74, 6) is 4.44. The number of amides is 1. The maximum atomic E-state index is 12.6. The van der Waals surface area contributed by atoms with Crippen LogP contribution in [0.2, 0.25) is 0 Å². The van der Waals surface area contributed by atoms with Gasteiger partial charge in [0.05, 0.1) is 6.61 Å². The van der Waals surface area contributed by atoms with Gasteiger partial charge in [-0.25, -0.2) is 0 Å². The van der Waals surface area contributed by atoms with Gasteiger partial charge >= 0.3 is 0 Å². The average Bonchev–Trinajstić information content (AvgIpc) is 3.78. The van der Waals surface area contributed by atoms with Crippen molar-refractivity contribution in [2.45, 2.75) is 321 Å². The quantitative estimate of drug-likeness (QED) is 0.0448. The Morgan fingerprint density at radius 3 is 1.51 bits per heavy atom. The molecule has 0 N–H and O–H groups in total. The minimum atomic E-state index is 0.302. The minimum Gasteiger partial charge on any atom is -0.468 e. The smallest absolute Gasteiger partial charge is 0.293 e. The first-order chi connectivity index (χ1) is 33.3. The van der Waals surface area contributed by atoms with E-state index in [4.69, 9.17) is 0 Å². The molecule has 7 heteroatoms. The number of hydrogen-bond acceptors (Lipinski definition) is 6. The molecular weight excluding hydrogens is 853 g/mol. The number of unbranched alkanes of at least 4 members (excludes halogenated alkanes) is 18. The lowest BCUT2D eigenvalue weighted by molar-refractivity contribution is -0.132. The van der Waals surface area contributed by atoms with Gasteiger partial charge in [0, 0.05) is 45.3 Å². The van der Waals surface area contributed by atoms with Crippen molar-refractivity contribution >= 4 is 23.9 Å². The molecule has 1 amide bonds. The van der Waals surface area contributed by atoms with Crippen LogP contribution in [0.25, 0.3) is 0 Å².